The zero-order valence-electron chi connectivity index (χ0n) is 16.3. The molecule has 1 aliphatic heterocycles. The number of methoxy groups -OCH3 is 1. The van der Waals surface area contributed by atoms with Gasteiger partial charge in [0.05, 0.1) is 6.61 Å². The number of aromatic nitrogens is 1. The first-order valence-electron chi connectivity index (χ1n) is 9.53. The molecular formula is C23H26N2O2. The van der Waals surface area contributed by atoms with Crippen LogP contribution in [0.2, 0.25) is 0 Å². The maximum absolute atomic E-state index is 13.1. The SMILES string of the molecule is COCCn1cc2c3c(cccc31)CN(C(=O)c1ccc(C)c(C)c1)CC2. The Kier molecular flexibility index (Phi) is 4.75. The molecule has 0 radical (unpaired) electrons. The second-order valence-electron chi connectivity index (χ2n) is 7.43. The van der Waals surface area contributed by atoms with E-state index in [9.17, 15) is 4.79 Å². The predicted octanol–water partition coefficient (Wildman–Crippen LogP) is 4.10. The molecule has 0 fully saturated rings. The molecule has 4 heteroatoms. The maximum atomic E-state index is 13.1. The minimum Gasteiger partial charge on any atom is -0.383 e. The summed E-state index contributed by atoms with van der Waals surface area (Å²) in [4.78, 5) is 15.1. The van der Waals surface area contributed by atoms with Crippen LogP contribution in [0.3, 0.4) is 0 Å². The Morgan fingerprint density at radius 3 is 2.74 bits per heavy atom. The Hall–Kier alpha value is -2.59. The average molecular weight is 362 g/mol. The third-order valence-electron chi connectivity index (χ3n) is 5.66. The molecule has 0 aliphatic carbocycles. The van der Waals surface area contributed by atoms with E-state index in [1.165, 1.54) is 27.6 Å². The zero-order chi connectivity index (χ0) is 19.0. The third-order valence-corrected chi connectivity index (χ3v) is 5.66. The van der Waals surface area contributed by atoms with Crippen LogP contribution in [-0.4, -0.2) is 35.6 Å². The molecule has 0 saturated carbocycles. The van der Waals surface area contributed by atoms with E-state index in [0.717, 1.165) is 30.6 Å². The van der Waals surface area contributed by atoms with Gasteiger partial charge in [0.25, 0.3) is 5.91 Å². The highest BCUT2D eigenvalue weighted by atomic mass is 16.5. The van der Waals surface area contributed by atoms with Crippen LogP contribution in [0.25, 0.3) is 10.9 Å². The van der Waals surface area contributed by atoms with Gasteiger partial charge in [-0.05, 0) is 60.7 Å². The smallest absolute Gasteiger partial charge is 0.254 e. The lowest BCUT2D eigenvalue weighted by atomic mass is 10.0. The van der Waals surface area contributed by atoms with Crippen molar-refractivity contribution in [3.05, 3.63) is 70.4 Å². The molecule has 3 aromatic rings. The summed E-state index contributed by atoms with van der Waals surface area (Å²) < 4.78 is 7.53. The van der Waals surface area contributed by atoms with E-state index in [-0.39, 0.29) is 5.91 Å². The Balaban J connectivity index is 1.66. The van der Waals surface area contributed by atoms with E-state index in [1.807, 2.05) is 23.1 Å². The van der Waals surface area contributed by atoms with Crippen LogP contribution < -0.4 is 0 Å². The van der Waals surface area contributed by atoms with Crippen LogP contribution in [0.15, 0.2) is 42.6 Å². The van der Waals surface area contributed by atoms with E-state index in [4.69, 9.17) is 4.74 Å². The number of hydrogen-bond donors (Lipinski definition) is 0. The molecule has 4 nitrogen and oxygen atoms in total. The van der Waals surface area contributed by atoms with Crippen molar-refractivity contribution in [3.8, 4) is 0 Å². The highest BCUT2D eigenvalue weighted by Gasteiger charge is 2.23. The van der Waals surface area contributed by atoms with E-state index >= 15 is 0 Å². The number of carbonyl (C=O) groups excluding carboxylic acids is 1. The lowest BCUT2D eigenvalue weighted by Crippen LogP contribution is -2.31. The lowest BCUT2D eigenvalue weighted by Gasteiger charge is -2.22. The molecule has 1 aromatic heterocycles. The summed E-state index contributed by atoms with van der Waals surface area (Å²) in [7, 11) is 1.73. The second kappa shape index (κ2) is 7.20. The molecule has 1 aliphatic rings. The summed E-state index contributed by atoms with van der Waals surface area (Å²) >= 11 is 0. The molecule has 0 spiro atoms. The van der Waals surface area contributed by atoms with Crippen molar-refractivity contribution in [2.75, 3.05) is 20.3 Å². The fourth-order valence-corrected chi connectivity index (χ4v) is 3.99. The summed E-state index contributed by atoms with van der Waals surface area (Å²) in [6.45, 7) is 7.08. The van der Waals surface area contributed by atoms with Crippen LogP contribution in [0.5, 0.6) is 0 Å². The molecule has 4 rings (SSSR count). The standard InChI is InChI=1S/C23H26N2O2/c1-16-7-8-18(13-17(16)2)23(26)25-10-9-20-14-24(11-12-27-3)21-6-4-5-19(15-25)22(20)21/h4-8,13-14H,9-12,15H2,1-3H3. The van der Waals surface area contributed by atoms with Crippen molar-refractivity contribution < 1.29 is 9.53 Å². The number of benzene rings is 2. The molecule has 0 bridgehead atoms. The molecule has 27 heavy (non-hydrogen) atoms. The highest BCUT2D eigenvalue weighted by molar-refractivity contribution is 5.95. The van der Waals surface area contributed by atoms with Gasteiger partial charge in [-0.2, -0.15) is 0 Å². The van der Waals surface area contributed by atoms with Crippen LogP contribution >= 0.6 is 0 Å². The van der Waals surface area contributed by atoms with Gasteiger partial charge in [-0.3, -0.25) is 4.79 Å². The molecule has 140 valence electrons. The number of nitrogens with zero attached hydrogens (tertiary/aromatic N) is 2. The largest absolute Gasteiger partial charge is 0.383 e. The third kappa shape index (κ3) is 3.26. The summed E-state index contributed by atoms with van der Waals surface area (Å²) in [5.41, 5.74) is 6.95. The van der Waals surface area contributed by atoms with Crippen molar-refractivity contribution in [1.82, 2.24) is 9.47 Å². The van der Waals surface area contributed by atoms with Crippen LogP contribution in [0.1, 0.15) is 32.6 Å². The van der Waals surface area contributed by atoms with Gasteiger partial charge >= 0.3 is 0 Å². The van der Waals surface area contributed by atoms with E-state index < -0.39 is 0 Å². The first-order chi connectivity index (χ1) is 13.1. The van der Waals surface area contributed by atoms with Gasteiger partial charge in [0.2, 0.25) is 0 Å². The molecule has 0 unspecified atom stereocenters. The Bertz CT molecular complexity index is 1000. The molecule has 2 aromatic carbocycles. The number of aryl methyl sites for hydroxylation is 2. The van der Waals surface area contributed by atoms with Gasteiger partial charge < -0.3 is 14.2 Å². The highest BCUT2D eigenvalue weighted by Crippen LogP contribution is 2.30. The number of rotatable bonds is 4. The van der Waals surface area contributed by atoms with Crippen molar-refractivity contribution in [3.63, 3.8) is 0 Å². The monoisotopic (exact) mass is 362 g/mol. The number of hydrogen-bond acceptors (Lipinski definition) is 2. The van der Waals surface area contributed by atoms with Crippen molar-refractivity contribution in [1.29, 1.82) is 0 Å². The summed E-state index contributed by atoms with van der Waals surface area (Å²) in [5, 5.41) is 1.31. The molecule has 1 amide bonds. The van der Waals surface area contributed by atoms with Gasteiger partial charge in [0, 0.05) is 49.4 Å². The van der Waals surface area contributed by atoms with Crippen molar-refractivity contribution in [2.24, 2.45) is 0 Å². The molecule has 2 heterocycles. The molecule has 0 atom stereocenters. The number of carbonyl (C=O) groups is 1. The van der Waals surface area contributed by atoms with E-state index in [1.54, 1.807) is 7.11 Å². The minimum absolute atomic E-state index is 0.118. The van der Waals surface area contributed by atoms with Crippen LogP contribution in [-0.2, 0) is 24.2 Å². The van der Waals surface area contributed by atoms with Gasteiger partial charge in [0.1, 0.15) is 0 Å². The number of ether oxygens (including phenoxy) is 1. The lowest BCUT2D eigenvalue weighted by molar-refractivity contribution is 0.0747. The topological polar surface area (TPSA) is 34.5 Å². The fraction of sp³-hybridized carbons (Fsp3) is 0.348. The van der Waals surface area contributed by atoms with Gasteiger partial charge in [-0.15, -0.1) is 0 Å². The van der Waals surface area contributed by atoms with Crippen LogP contribution in [0, 0.1) is 13.8 Å². The van der Waals surface area contributed by atoms with Gasteiger partial charge in [-0.1, -0.05) is 18.2 Å². The summed E-state index contributed by atoms with van der Waals surface area (Å²) in [5.74, 6) is 0.118. The normalized spacial score (nSPS) is 13.8. The first-order valence-corrected chi connectivity index (χ1v) is 9.53. The Morgan fingerprint density at radius 1 is 1.11 bits per heavy atom. The fourth-order valence-electron chi connectivity index (χ4n) is 3.99. The van der Waals surface area contributed by atoms with Crippen LogP contribution in [0.4, 0.5) is 0 Å². The first kappa shape index (κ1) is 17.8. The average Bonchev–Trinajstić information content (AvgIpc) is 2.92. The Labute approximate surface area is 160 Å². The zero-order valence-corrected chi connectivity index (χ0v) is 16.3. The number of amides is 1. The second-order valence-corrected chi connectivity index (χ2v) is 7.43. The quantitative estimate of drug-likeness (QED) is 0.700. The molecule has 0 N–H and O–H groups in total. The summed E-state index contributed by atoms with van der Waals surface area (Å²) in [6.07, 6.45) is 3.11. The minimum atomic E-state index is 0.118. The van der Waals surface area contributed by atoms with E-state index in [0.29, 0.717) is 13.2 Å². The van der Waals surface area contributed by atoms with Gasteiger partial charge in [0.15, 0.2) is 0 Å². The molecular weight excluding hydrogens is 336 g/mol. The van der Waals surface area contributed by atoms with Crippen molar-refractivity contribution >= 4 is 16.8 Å². The van der Waals surface area contributed by atoms with E-state index in [2.05, 4.69) is 42.8 Å². The van der Waals surface area contributed by atoms with Crippen molar-refractivity contribution in [2.45, 2.75) is 33.4 Å². The Morgan fingerprint density at radius 2 is 1.96 bits per heavy atom. The maximum Gasteiger partial charge on any atom is 0.254 e. The molecule has 0 saturated heterocycles. The summed E-state index contributed by atoms with van der Waals surface area (Å²) in [6, 6.07) is 12.4. The predicted molar refractivity (Wildman–Crippen MR) is 108 cm³/mol. The van der Waals surface area contributed by atoms with Gasteiger partial charge in [-0.25, -0.2) is 0 Å².